The maximum atomic E-state index is 2.56. The van der Waals surface area contributed by atoms with Crippen LogP contribution in [-0.4, -0.2) is 13.3 Å². The van der Waals surface area contributed by atoms with E-state index in [-0.39, 0.29) is 0 Å². The molecule has 1 aliphatic heterocycles. The minimum absolute atomic E-state index is 1.24. The van der Waals surface area contributed by atoms with Crippen molar-refractivity contribution in [3.63, 3.8) is 0 Å². The van der Waals surface area contributed by atoms with E-state index in [2.05, 4.69) is 85.0 Å². The molecule has 0 N–H and O–H groups in total. The van der Waals surface area contributed by atoms with Crippen LogP contribution in [0.15, 0.2) is 105 Å². The molecule has 3 aliphatic rings. The van der Waals surface area contributed by atoms with Crippen LogP contribution in [0.1, 0.15) is 51.4 Å². The van der Waals surface area contributed by atoms with E-state index in [0.29, 0.717) is 0 Å². The molecule has 2 aromatic rings. The van der Waals surface area contributed by atoms with Crippen LogP contribution in [0, 0.1) is 0 Å². The second kappa shape index (κ2) is 8.36. The molecule has 0 aromatic heterocycles. The van der Waals surface area contributed by atoms with Crippen molar-refractivity contribution in [1.29, 1.82) is 0 Å². The summed E-state index contributed by atoms with van der Waals surface area (Å²) in [6, 6.07) is 23.1. The zero-order chi connectivity index (χ0) is 19.5. The van der Waals surface area contributed by atoms with Crippen LogP contribution in [0.4, 0.5) is 0 Å². The third kappa shape index (κ3) is 3.32. The van der Waals surface area contributed by atoms with Gasteiger partial charge in [0.05, 0.1) is 0 Å². The fourth-order valence-corrected chi connectivity index (χ4v) is 16.8. The summed E-state index contributed by atoms with van der Waals surface area (Å²) in [5, 5.41) is 0. The van der Waals surface area contributed by atoms with Gasteiger partial charge in [-0.15, -0.1) is 0 Å². The summed E-state index contributed by atoms with van der Waals surface area (Å²) in [7, 11) is 0. The Kier molecular flexibility index (Phi) is 5.46. The van der Waals surface area contributed by atoms with E-state index in [1.54, 1.807) is 28.7 Å². The van der Waals surface area contributed by atoms with Gasteiger partial charge in [0.25, 0.3) is 0 Å². The van der Waals surface area contributed by atoms with E-state index in [1.165, 1.54) is 51.4 Å². The van der Waals surface area contributed by atoms with Gasteiger partial charge in [-0.25, -0.2) is 0 Å². The van der Waals surface area contributed by atoms with Crippen molar-refractivity contribution in [3.8, 4) is 0 Å². The van der Waals surface area contributed by atoms with Crippen LogP contribution in [-0.2, 0) is 0 Å². The number of hydrogen-bond donors (Lipinski definition) is 0. The Labute approximate surface area is 178 Å². The summed E-state index contributed by atoms with van der Waals surface area (Å²) in [5.41, 5.74) is 3.29. The maximum absolute atomic E-state index is 2.95. The van der Waals surface area contributed by atoms with Gasteiger partial charge >= 0.3 is 178 Å². The van der Waals surface area contributed by atoms with Gasteiger partial charge < -0.3 is 0 Å². The van der Waals surface area contributed by atoms with E-state index in [4.69, 9.17) is 0 Å². The SMILES string of the molecule is C1=C([C]2=CC=[C](C3=CCCCC3)[Ge]2([c]2ccccc2)[c]2ccccc2)CCCC1. The normalized spacial score (nSPS) is 21.1. The first-order valence-electron chi connectivity index (χ1n) is 11.3. The molecule has 0 amide bonds. The molecule has 0 radical (unpaired) electrons. The molecule has 2 aromatic carbocycles. The van der Waals surface area contributed by atoms with Gasteiger partial charge in [0.2, 0.25) is 0 Å². The van der Waals surface area contributed by atoms with E-state index < -0.39 is 13.3 Å². The topological polar surface area (TPSA) is 0 Å². The predicted octanol–water partition coefficient (Wildman–Crippen LogP) is 6.20. The van der Waals surface area contributed by atoms with Gasteiger partial charge in [-0.1, -0.05) is 0 Å². The van der Waals surface area contributed by atoms with Gasteiger partial charge in [-0.2, -0.15) is 0 Å². The number of hydrogen-bond acceptors (Lipinski definition) is 0. The van der Waals surface area contributed by atoms with Gasteiger partial charge in [-0.05, 0) is 0 Å². The zero-order valence-electron chi connectivity index (χ0n) is 17.2. The van der Waals surface area contributed by atoms with Gasteiger partial charge in [0.1, 0.15) is 0 Å². The van der Waals surface area contributed by atoms with Crippen LogP contribution in [0.5, 0.6) is 0 Å². The summed E-state index contributed by atoms with van der Waals surface area (Å²) in [6.07, 6.45) is 20.5. The van der Waals surface area contributed by atoms with Crippen LogP contribution >= 0.6 is 0 Å². The molecule has 0 nitrogen and oxygen atoms in total. The second-order valence-corrected chi connectivity index (χ2v) is 16.4. The average Bonchev–Trinajstić information content (AvgIpc) is 3.23. The van der Waals surface area contributed by atoms with Gasteiger partial charge in [0, 0.05) is 0 Å². The first-order valence-corrected chi connectivity index (χ1v) is 15.5. The summed E-state index contributed by atoms with van der Waals surface area (Å²) in [5.74, 6) is 0. The second-order valence-electron chi connectivity index (χ2n) is 8.59. The third-order valence-electron chi connectivity index (χ3n) is 6.91. The quantitative estimate of drug-likeness (QED) is 0.499. The van der Waals surface area contributed by atoms with E-state index in [9.17, 15) is 0 Å². The standard InChI is InChI=1S/C28H30Ge/c1-5-13-23(14-6-1)27-21-22-28(24-15-7-2-8-16-24)29(27,25-17-9-3-10-18-25)26-19-11-4-12-20-26/h3-4,9-13,15,17-22H,1-2,5-8,14,16H2. The fourth-order valence-electron chi connectivity index (χ4n) is 5.59. The number of benzene rings is 2. The van der Waals surface area contributed by atoms with Crippen molar-refractivity contribution in [1.82, 2.24) is 0 Å². The number of allylic oxidation sites excluding steroid dienone is 8. The monoisotopic (exact) mass is 440 g/mol. The van der Waals surface area contributed by atoms with Crippen molar-refractivity contribution in [2.45, 2.75) is 51.4 Å². The molecule has 146 valence electrons. The van der Waals surface area contributed by atoms with Crippen molar-refractivity contribution in [3.05, 3.63) is 105 Å². The van der Waals surface area contributed by atoms with Crippen molar-refractivity contribution in [2.24, 2.45) is 0 Å². The van der Waals surface area contributed by atoms with E-state index in [1.807, 2.05) is 0 Å². The number of rotatable bonds is 4. The first kappa shape index (κ1) is 18.9. The zero-order valence-corrected chi connectivity index (χ0v) is 19.3. The molecule has 0 saturated heterocycles. The van der Waals surface area contributed by atoms with E-state index in [0.717, 1.165) is 0 Å². The Morgan fingerprint density at radius 3 is 1.34 bits per heavy atom. The summed E-state index contributed by atoms with van der Waals surface area (Å²) < 4.78 is 6.57. The predicted molar refractivity (Wildman–Crippen MR) is 127 cm³/mol. The molecule has 0 atom stereocenters. The molecule has 5 rings (SSSR count). The Morgan fingerprint density at radius 1 is 0.517 bits per heavy atom. The molecular weight excluding hydrogens is 409 g/mol. The molecule has 1 heteroatoms. The molecule has 1 heterocycles. The first-order chi connectivity index (χ1) is 14.4. The molecule has 0 saturated carbocycles. The molecule has 0 spiro atoms. The van der Waals surface area contributed by atoms with Crippen molar-refractivity contribution < 1.29 is 0 Å². The molecular formula is C28H30Ge. The summed E-state index contributed by atoms with van der Waals surface area (Å²) in [4.78, 5) is 0. The van der Waals surface area contributed by atoms with E-state index >= 15 is 0 Å². The molecule has 0 fully saturated rings. The average molecular weight is 439 g/mol. The van der Waals surface area contributed by atoms with Gasteiger partial charge in [-0.3, -0.25) is 0 Å². The Hall–Kier alpha value is -2.06. The summed E-state index contributed by atoms with van der Waals surface area (Å²) >= 11 is -2.95. The van der Waals surface area contributed by atoms with Crippen LogP contribution in [0.3, 0.4) is 0 Å². The Morgan fingerprint density at radius 2 is 0.966 bits per heavy atom. The van der Waals surface area contributed by atoms with Crippen LogP contribution in [0.25, 0.3) is 0 Å². The van der Waals surface area contributed by atoms with Crippen molar-refractivity contribution >= 4 is 22.1 Å². The molecule has 0 unspecified atom stereocenters. The Balaban J connectivity index is 1.77. The molecule has 29 heavy (non-hydrogen) atoms. The van der Waals surface area contributed by atoms with Crippen LogP contribution < -0.4 is 8.79 Å². The van der Waals surface area contributed by atoms with Gasteiger partial charge in [0.15, 0.2) is 0 Å². The molecule has 2 aliphatic carbocycles. The van der Waals surface area contributed by atoms with Crippen LogP contribution in [0.2, 0.25) is 0 Å². The third-order valence-corrected chi connectivity index (χ3v) is 17.4. The molecule has 0 bridgehead atoms. The minimum atomic E-state index is -2.95. The fraction of sp³-hybridized carbons (Fsp3) is 0.286. The summed E-state index contributed by atoms with van der Waals surface area (Å²) in [6.45, 7) is 0. The Bertz CT molecular complexity index is 906. The van der Waals surface area contributed by atoms with Crippen molar-refractivity contribution in [2.75, 3.05) is 0 Å².